The summed E-state index contributed by atoms with van der Waals surface area (Å²) >= 11 is 12.2. The highest BCUT2D eigenvalue weighted by atomic mass is 35.5. The van der Waals surface area contributed by atoms with Gasteiger partial charge in [-0.25, -0.2) is 4.39 Å². The van der Waals surface area contributed by atoms with E-state index in [0.29, 0.717) is 22.5 Å². The molecule has 2 aromatic heterocycles. The number of benzene rings is 2. The molecular weight excluding hydrogens is 534 g/mol. The van der Waals surface area contributed by atoms with Crippen molar-refractivity contribution >= 4 is 29.0 Å². The quantitative estimate of drug-likeness (QED) is 0.223. The molecule has 2 aromatic carbocycles. The Morgan fingerprint density at radius 1 is 1.21 bits per heavy atom. The Morgan fingerprint density at radius 3 is 2.61 bits per heavy atom. The summed E-state index contributed by atoms with van der Waals surface area (Å²) in [5, 5.41) is 17.5. The number of aromatic amines is 1. The van der Waals surface area contributed by atoms with Crippen molar-refractivity contribution in [3.63, 3.8) is 0 Å². The summed E-state index contributed by atoms with van der Waals surface area (Å²) in [6, 6.07) is 9.25. The van der Waals surface area contributed by atoms with Gasteiger partial charge in [0.15, 0.2) is 17.3 Å². The average molecular weight is 559 g/mol. The van der Waals surface area contributed by atoms with Crippen molar-refractivity contribution in [2.24, 2.45) is 0 Å². The second kappa shape index (κ2) is 12.7. The van der Waals surface area contributed by atoms with Crippen LogP contribution in [0.1, 0.15) is 59.4 Å². The van der Waals surface area contributed by atoms with Crippen molar-refractivity contribution in [1.29, 1.82) is 5.26 Å². The summed E-state index contributed by atoms with van der Waals surface area (Å²) < 4.78 is 31.9. The van der Waals surface area contributed by atoms with Gasteiger partial charge < -0.3 is 18.9 Å². The number of halogens is 3. The first-order valence-electron chi connectivity index (χ1n) is 11.6. The number of hydrogen-bond donors (Lipinski definition) is 1. The predicted octanol–water partition coefficient (Wildman–Crippen LogP) is 7.45. The molecule has 198 valence electrons. The molecule has 0 spiro atoms. The van der Waals surface area contributed by atoms with Crippen LogP contribution in [-0.2, 0) is 17.8 Å². The van der Waals surface area contributed by atoms with E-state index in [9.17, 15) is 4.79 Å². The van der Waals surface area contributed by atoms with Gasteiger partial charge in [0, 0.05) is 23.3 Å². The van der Waals surface area contributed by atoms with Gasteiger partial charge in [-0.1, -0.05) is 43.1 Å². The Morgan fingerprint density at radius 2 is 1.95 bits per heavy atom. The molecule has 0 fully saturated rings. The van der Waals surface area contributed by atoms with E-state index in [0.717, 1.165) is 0 Å². The normalized spacial score (nSPS) is 10.5. The number of methoxy groups -OCH3 is 1. The van der Waals surface area contributed by atoms with Crippen LogP contribution in [0.15, 0.2) is 34.7 Å². The molecule has 0 saturated carbocycles. The van der Waals surface area contributed by atoms with E-state index < -0.39 is 5.82 Å². The van der Waals surface area contributed by atoms with Crippen molar-refractivity contribution in [3.05, 3.63) is 80.0 Å². The van der Waals surface area contributed by atoms with Gasteiger partial charge in [0.2, 0.25) is 5.89 Å². The largest absolute Gasteiger partial charge is 0.453 e. The van der Waals surface area contributed by atoms with Crippen LogP contribution >= 0.6 is 23.2 Å². The first-order chi connectivity index (χ1) is 18.2. The van der Waals surface area contributed by atoms with Gasteiger partial charge >= 0.3 is 0 Å². The van der Waals surface area contributed by atoms with E-state index in [-0.39, 0.29) is 63.3 Å². The molecule has 0 saturated heterocycles. The van der Waals surface area contributed by atoms with Gasteiger partial charge in [-0.05, 0) is 43.7 Å². The molecule has 1 N–H and O–H groups in total. The molecule has 0 radical (unpaired) electrons. The lowest BCUT2D eigenvalue weighted by molar-refractivity contribution is 0.101. The Bertz CT molecular complexity index is 1510. The summed E-state index contributed by atoms with van der Waals surface area (Å²) in [5.74, 6) is -0.625. The molecule has 38 heavy (non-hydrogen) atoms. The van der Waals surface area contributed by atoms with Gasteiger partial charge in [0.25, 0.3) is 5.89 Å². The molecule has 8 nitrogen and oxygen atoms in total. The average Bonchev–Trinajstić information content (AvgIpc) is 3.48. The number of nitrogens with zero attached hydrogens (tertiary/aromatic N) is 3. The third-order valence-corrected chi connectivity index (χ3v) is 5.86. The zero-order valence-corrected chi connectivity index (χ0v) is 22.9. The lowest BCUT2D eigenvalue weighted by Gasteiger charge is -2.11. The van der Waals surface area contributed by atoms with E-state index in [1.165, 1.54) is 44.4 Å². The number of ketones is 1. The molecule has 4 aromatic rings. The van der Waals surface area contributed by atoms with Gasteiger partial charge in [-0.2, -0.15) is 5.26 Å². The number of H-pyrrole nitrogens is 1. The molecule has 0 aliphatic rings. The van der Waals surface area contributed by atoms with Crippen molar-refractivity contribution in [1.82, 2.24) is 15.2 Å². The molecule has 0 aliphatic heterocycles. The summed E-state index contributed by atoms with van der Waals surface area (Å²) in [4.78, 5) is 15.2. The van der Waals surface area contributed by atoms with Crippen LogP contribution in [0.25, 0.3) is 11.6 Å². The highest BCUT2D eigenvalue weighted by molar-refractivity contribution is 6.32. The first-order valence-corrected chi connectivity index (χ1v) is 12.4. The molecular formula is C27H25Cl2FN4O4. The van der Waals surface area contributed by atoms with Gasteiger partial charge in [0.1, 0.15) is 11.4 Å². The Labute approximate surface area is 229 Å². The highest BCUT2D eigenvalue weighted by Crippen LogP contribution is 2.36. The Balaban J connectivity index is 0.00000195. The first kappa shape index (κ1) is 28.9. The van der Waals surface area contributed by atoms with Gasteiger partial charge in [-0.15, -0.1) is 10.2 Å². The summed E-state index contributed by atoms with van der Waals surface area (Å²) in [5.41, 5.74) is 2.68. The predicted molar refractivity (Wildman–Crippen MR) is 141 cm³/mol. The summed E-state index contributed by atoms with van der Waals surface area (Å²) in [6.07, 6.45) is -0.0460. The fourth-order valence-corrected chi connectivity index (χ4v) is 4.21. The smallest absolute Gasteiger partial charge is 0.264 e. The molecule has 0 bridgehead atoms. The van der Waals surface area contributed by atoms with Crippen LogP contribution in [0.2, 0.25) is 10.0 Å². The van der Waals surface area contributed by atoms with Crippen LogP contribution in [0.4, 0.5) is 4.39 Å². The van der Waals surface area contributed by atoms with Gasteiger partial charge in [-0.3, -0.25) is 4.79 Å². The van der Waals surface area contributed by atoms with Crippen LogP contribution in [0, 0.1) is 24.1 Å². The van der Waals surface area contributed by atoms with E-state index in [1.807, 2.05) is 19.9 Å². The standard InChI is InChI=1S/C25H19Cl2FN4O4.C2H6/c1-12-21(13(2)33)19(11-34-3)30-23(12)25-32-31-20(36-25)8-15-4-5-18(27)24(22(15)28)35-17-7-14(10-29)6-16(26)9-17;1-2/h4-7,9,30H,8,11H2,1-3H3;1-2H3. The molecule has 11 heteroatoms. The van der Waals surface area contributed by atoms with Crippen molar-refractivity contribution in [2.75, 3.05) is 7.11 Å². The van der Waals surface area contributed by atoms with Gasteiger partial charge in [0.05, 0.1) is 35.4 Å². The molecule has 0 atom stereocenters. The van der Waals surface area contributed by atoms with E-state index in [2.05, 4.69) is 15.2 Å². The second-order valence-corrected chi connectivity index (χ2v) is 8.73. The lowest BCUT2D eigenvalue weighted by Crippen LogP contribution is -1.99. The minimum atomic E-state index is -0.724. The molecule has 4 rings (SSSR count). The maximum absolute atomic E-state index is 15.4. The molecule has 0 unspecified atom stereocenters. The fourth-order valence-electron chi connectivity index (χ4n) is 3.80. The Kier molecular flexibility index (Phi) is 9.64. The number of nitrogens with one attached hydrogen (secondary N) is 1. The number of nitriles is 1. The Hall–Kier alpha value is -3.71. The number of aromatic nitrogens is 3. The minimum absolute atomic E-state index is 0.0328. The van der Waals surface area contributed by atoms with Crippen LogP contribution in [0.5, 0.6) is 11.5 Å². The zero-order chi connectivity index (χ0) is 28.0. The molecule has 2 heterocycles. The number of hydrogen-bond acceptors (Lipinski definition) is 7. The minimum Gasteiger partial charge on any atom is -0.453 e. The van der Waals surface area contributed by atoms with E-state index in [4.69, 9.17) is 42.4 Å². The molecule has 0 amide bonds. The molecule has 0 aliphatic carbocycles. The van der Waals surface area contributed by atoms with Crippen LogP contribution in [0.3, 0.4) is 0 Å². The van der Waals surface area contributed by atoms with E-state index >= 15 is 4.39 Å². The SMILES string of the molecule is CC.COCc1[nH]c(-c2nnc(Cc3ccc(Cl)c(Oc4cc(Cl)cc(C#N)c4)c3F)o2)c(C)c1C(C)=O. The number of carbonyl (C=O) groups excluding carboxylic acids is 1. The number of rotatable bonds is 8. The maximum atomic E-state index is 15.4. The second-order valence-electron chi connectivity index (χ2n) is 7.88. The third-order valence-electron chi connectivity index (χ3n) is 5.34. The summed E-state index contributed by atoms with van der Waals surface area (Å²) in [6.45, 7) is 7.44. The monoisotopic (exact) mass is 558 g/mol. The topological polar surface area (TPSA) is 114 Å². The maximum Gasteiger partial charge on any atom is 0.264 e. The number of ether oxygens (including phenoxy) is 2. The highest BCUT2D eigenvalue weighted by Gasteiger charge is 2.23. The van der Waals surface area contributed by atoms with Crippen LogP contribution in [-0.4, -0.2) is 28.1 Å². The third kappa shape index (κ3) is 6.22. The van der Waals surface area contributed by atoms with E-state index in [1.54, 1.807) is 6.92 Å². The van der Waals surface area contributed by atoms with Crippen molar-refractivity contribution in [2.45, 2.75) is 40.7 Å². The zero-order valence-electron chi connectivity index (χ0n) is 21.4. The lowest BCUT2D eigenvalue weighted by atomic mass is 10.1. The summed E-state index contributed by atoms with van der Waals surface area (Å²) in [7, 11) is 1.53. The number of carbonyl (C=O) groups is 1. The van der Waals surface area contributed by atoms with Crippen LogP contribution < -0.4 is 4.74 Å². The van der Waals surface area contributed by atoms with Crippen molar-refractivity contribution < 1.29 is 23.1 Å². The fraction of sp³-hybridized carbons (Fsp3) is 0.259. The van der Waals surface area contributed by atoms with Crippen molar-refractivity contribution in [3.8, 4) is 29.2 Å². The number of Topliss-reactive ketones (excluding diaryl/α,β-unsaturated/α-hetero) is 1.